The zero-order valence-corrected chi connectivity index (χ0v) is 16.9. The number of carbonyl (C=O) groups excluding carboxylic acids is 3. The lowest BCUT2D eigenvalue weighted by molar-refractivity contribution is -0.148. The highest BCUT2D eigenvalue weighted by atomic mass is 16.6. The first-order chi connectivity index (χ1) is 14.4. The summed E-state index contributed by atoms with van der Waals surface area (Å²) in [5.41, 5.74) is -0.571. The van der Waals surface area contributed by atoms with Gasteiger partial charge >= 0.3 is 12.0 Å². The van der Waals surface area contributed by atoms with Crippen molar-refractivity contribution in [2.45, 2.75) is 19.4 Å². The minimum absolute atomic E-state index is 0.00829. The van der Waals surface area contributed by atoms with E-state index in [1.165, 1.54) is 0 Å². The molecule has 0 aliphatic carbocycles. The van der Waals surface area contributed by atoms with E-state index >= 15 is 0 Å². The highest BCUT2D eigenvalue weighted by Gasteiger charge is 2.49. The maximum atomic E-state index is 12.8. The number of carbonyl (C=O) groups is 3. The number of ether oxygens (including phenoxy) is 3. The van der Waals surface area contributed by atoms with Crippen molar-refractivity contribution in [2.24, 2.45) is 0 Å². The summed E-state index contributed by atoms with van der Waals surface area (Å²) in [6.45, 7) is 3.76. The van der Waals surface area contributed by atoms with Crippen LogP contribution in [-0.4, -0.2) is 49.2 Å². The Balaban J connectivity index is 1.46. The maximum Gasteiger partial charge on any atom is 0.326 e. The van der Waals surface area contributed by atoms with Gasteiger partial charge in [0.1, 0.15) is 36.8 Å². The van der Waals surface area contributed by atoms with Gasteiger partial charge in [-0.2, -0.15) is 0 Å². The Morgan fingerprint density at radius 1 is 0.967 bits per heavy atom. The fraction of sp³-hybridized carbons (Fsp3) is 0.318. The van der Waals surface area contributed by atoms with E-state index in [1.54, 1.807) is 55.5 Å². The number of nitrogens with zero attached hydrogens (tertiary/aromatic N) is 1. The first-order valence-electron chi connectivity index (χ1n) is 9.65. The van der Waals surface area contributed by atoms with Crippen LogP contribution in [0.5, 0.6) is 11.5 Å². The van der Waals surface area contributed by atoms with E-state index in [-0.39, 0.29) is 13.2 Å². The van der Waals surface area contributed by atoms with Gasteiger partial charge in [-0.3, -0.25) is 14.5 Å². The molecule has 0 radical (unpaired) electrons. The van der Waals surface area contributed by atoms with Crippen LogP contribution < -0.4 is 14.8 Å². The first-order valence-corrected chi connectivity index (χ1v) is 9.65. The second kappa shape index (κ2) is 9.30. The molecule has 158 valence electrons. The molecular weight excluding hydrogens is 388 g/mol. The number of rotatable bonds is 9. The summed E-state index contributed by atoms with van der Waals surface area (Å²) in [6, 6.07) is 15.3. The highest BCUT2D eigenvalue weighted by Crippen LogP contribution is 2.28. The summed E-state index contributed by atoms with van der Waals surface area (Å²) in [5.74, 6) is 0.168. The number of urea groups is 1. The highest BCUT2D eigenvalue weighted by molar-refractivity contribution is 6.08. The van der Waals surface area contributed by atoms with Gasteiger partial charge in [-0.1, -0.05) is 30.3 Å². The molecule has 1 atom stereocenters. The molecule has 1 aliphatic heterocycles. The summed E-state index contributed by atoms with van der Waals surface area (Å²) in [4.78, 5) is 38.0. The Morgan fingerprint density at radius 2 is 1.60 bits per heavy atom. The molecule has 1 heterocycles. The second-order valence-corrected chi connectivity index (χ2v) is 6.79. The molecule has 2 aromatic carbocycles. The number of hydrogen-bond donors (Lipinski definition) is 1. The molecule has 3 amide bonds. The summed E-state index contributed by atoms with van der Waals surface area (Å²) in [7, 11) is 0. The number of hydrogen-bond acceptors (Lipinski definition) is 6. The summed E-state index contributed by atoms with van der Waals surface area (Å²) >= 11 is 0. The monoisotopic (exact) mass is 412 g/mol. The zero-order valence-electron chi connectivity index (χ0n) is 16.9. The van der Waals surface area contributed by atoms with Gasteiger partial charge < -0.3 is 19.5 Å². The van der Waals surface area contributed by atoms with Crippen molar-refractivity contribution in [1.29, 1.82) is 0 Å². The van der Waals surface area contributed by atoms with E-state index in [4.69, 9.17) is 14.2 Å². The normalized spacial score (nSPS) is 18.1. The van der Waals surface area contributed by atoms with Crippen molar-refractivity contribution in [3.8, 4) is 11.5 Å². The Morgan fingerprint density at radius 3 is 2.23 bits per heavy atom. The minimum Gasteiger partial charge on any atom is -0.494 e. The summed E-state index contributed by atoms with van der Waals surface area (Å²) in [6.07, 6.45) is 0. The van der Waals surface area contributed by atoms with Crippen molar-refractivity contribution in [3.63, 3.8) is 0 Å². The lowest BCUT2D eigenvalue weighted by atomic mass is 9.92. The van der Waals surface area contributed by atoms with Gasteiger partial charge in [-0.25, -0.2) is 4.79 Å². The third kappa shape index (κ3) is 4.71. The number of nitrogens with one attached hydrogen (secondary N) is 1. The van der Waals surface area contributed by atoms with Crippen LogP contribution in [0.1, 0.15) is 19.4 Å². The van der Waals surface area contributed by atoms with Gasteiger partial charge in [0.25, 0.3) is 5.91 Å². The maximum absolute atomic E-state index is 12.8. The van der Waals surface area contributed by atoms with Crippen LogP contribution in [0, 0.1) is 0 Å². The third-order valence-electron chi connectivity index (χ3n) is 4.66. The molecule has 8 nitrogen and oxygen atoms in total. The Bertz CT molecular complexity index is 900. The van der Waals surface area contributed by atoms with Gasteiger partial charge in [0.2, 0.25) is 0 Å². The van der Waals surface area contributed by atoms with E-state index < -0.39 is 30.0 Å². The topological polar surface area (TPSA) is 94.2 Å². The predicted molar refractivity (Wildman–Crippen MR) is 108 cm³/mol. The average Bonchev–Trinajstić information content (AvgIpc) is 2.97. The molecule has 8 heteroatoms. The van der Waals surface area contributed by atoms with Crippen molar-refractivity contribution in [2.75, 3.05) is 26.4 Å². The first kappa shape index (κ1) is 21.2. The molecule has 1 N–H and O–H groups in total. The van der Waals surface area contributed by atoms with Gasteiger partial charge in [0, 0.05) is 0 Å². The van der Waals surface area contributed by atoms with Crippen LogP contribution >= 0.6 is 0 Å². The van der Waals surface area contributed by atoms with E-state index in [2.05, 4.69) is 5.32 Å². The standard InChI is InChI=1S/C22H24N2O6/c1-3-28-17-9-11-18(12-10-17)29-13-14-30-19(25)15-24-20(26)22(2,23-21(24)27)16-7-5-4-6-8-16/h4-12H,3,13-15H2,1-2H3,(H,23,27)/t22-/m0/s1. The van der Waals surface area contributed by atoms with E-state index in [0.29, 0.717) is 17.9 Å². The van der Waals surface area contributed by atoms with Crippen molar-refractivity contribution < 1.29 is 28.6 Å². The Kier molecular flexibility index (Phi) is 6.56. The largest absolute Gasteiger partial charge is 0.494 e. The third-order valence-corrected chi connectivity index (χ3v) is 4.66. The second-order valence-electron chi connectivity index (χ2n) is 6.79. The molecule has 1 saturated heterocycles. The molecule has 3 rings (SSSR count). The quantitative estimate of drug-likeness (QED) is 0.386. The SMILES string of the molecule is CCOc1ccc(OCCOC(=O)CN2C(=O)N[C@@](C)(c3ccccc3)C2=O)cc1. The van der Waals surface area contributed by atoms with Gasteiger partial charge in [0.05, 0.1) is 6.61 Å². The number of imide groups is 1. The van der Waals surface area contributed by atoms with Gasteiger partial charge in [0.15, 0.2) is 0 Å². The van der Waals surface area contributed by atoms with Crippen molar-refractivity contribution in [1.82, 2.24) is 10.2 Å². The van der Waals surface area contributed by atoms with Gasteiger partial charge in [-0.15, -0.1) is 0 Å². The Labute approximate surface area is 174 Å². The number of esters is 1. The summed E-state index contributed by atoms with van der Waals surface area (Å²) < 4.78 is 15.9. The predicted octanol–water partition coefficient (Wildman–Crippen LogP) is 2.47. The van der Waals surface area contributed by atoms with Crippen LogP contribution in [0.3, 0.4) is 0 Å². The molecule has 0 spiro atoms. The molecule has 0 aromatic heterocycles. The van der Waals surface area contributed by atoms with Crippen molar-refractivity contribution in [3.05, 3.63) is 60.2 Å². The Hall–Kier alpha value is -3.55. The smallest absolute Gasteiger partial charge is 0.326 e. The molecule has 0 bridgehead atoms. The average molecular weight is 412 g/mol. The number of amides is 3. The lowest BCUT2D eigenvalue weighted by Gasteiger charge is -2.21. The molecule has 30 heavy (non-hydrogen) atoms. The molecule has 2 aromatic rings. The van der Waals surface area contributed by atoms with E-state index in [1.807, 2.05) is 13.0 Å². The molecule has 1 fully saturated rings. The molecule has 1 aliphatic rings. The van der Waals surface area contributed by atoms with E-state index in [0.717, 1.165) is 10.6 Å². The molecule has 0 unspecified atom stereocenters. The summed E-state index contributed by atoms with van der Waals surface area (Å²) in [5, 5.41) is 2.65. The molecular formula is C22H24N2O6. The van der Waals surface area contributed by atoms with Gasteiger partial charge in [-0.05, 0) is 43.7 Å². The fourth-order valence-electron chi connectivity index (χ4n) is 3.10. The van der Waals surface area contributed by atoms with Crippen LogP contribution in [0.25, 0.3) is 0 Å². The van der Waals surface area contributed by atoms with Crippen LogP contribution in [0.15, 0.2) is 54.6 Å². The minimum atomic E-state index is -1.21. The van der Waals surface area contributed by atoms with Crippen LogP contribution in [-0.2, 0) is 19.9 Å². The number of benzene rings is 2. The van der Waals surface area contributed by atoms with Crippen molar-refractivity contribution >= 4 is 17.9 Å². The lowest BCUT2D eigenvalue weighted by Crippen LogP contribution is -2.41. The van der Waals surface area contributed by atoms with E-state index in [9.17, 15) is 14.4 Å². The molecule has 0 saturated carbocycles. The zero-order chi connectivity index (χ0) is 21.6. The van der Waals surface area contributed by atoms with Crippen LogP contribution in [0.2, 0.25) is 0 Å². The van der Waals surface area contributed by atoms with Crippen LogP contribution in [0.4, 0.5) is 4.79 Å². The fourth-order valence-corrected chi connectivity index (χ4v) is 3.10.